The Balaban J connectivity index is 2.17. The Hall–Kier alpha value is -0.940. The molecule has 1 fully saturated rings. The Morgan fingerprint density at radius 1 is 1.69 bits per heavy atom. The lowest BCUT2D eigenvalue weighted by molar-refractivity contribution is 0.0518. The van der Waals surface area contributed by atoms with Crippen molar-refractivity contribution in [3.8, 4) is 0 Å². The number of aryl methyl sites for hydroxylation is 1. The number of esters is 1. The van der Waals surface area contributed by atoms with Gasteiger partial charge in [-0.2, -0.15) is 0 Å². The number of ether oxygens (including phenoxy) is 2. The number of hydrogen-bond acceptors (Lipinski definition) is 5. The molecule has 0 saturated carbocycles. The molecule has 4 nitrogen and oxygen atoms in total. The van der Waals surface area contributed by atoms with Crippen molar-refractivity contribution in [1.82, 2.24) is 4.98 Å². The maximum absolute atomic E-state index is 11.6. The number of carbonyl (C=O) groups is 1. The Morgan fingerprint density at radius 3 is 3.12 bits per heavy atom. The van der Waals surface area contributed by atoms with Gasteiger partial charge in [0.1, 0.15) is 11.1 Å². The largest absolute Gasteiger partial charge is 0.461 e. The molecule has 2 rings (SSSR count). The van der Waals surface area contributed by atoms with Crippen LogP contribution in [0, 0.1) is 6.92 Å². The number of carbonyl (C=O) groups excluding carboxylic acids is 1. The molecule has 16 heavy (non-hydrogen) atoms. The molecule has 0 radical (unpaired) electrons. The molecule has 1 aromatic rings. The molecule has 0 aromatic carbocycles. The van der Waals surface area contributed by atoms with Crippen LogP contribution in [0.1, 0.15) is 46.2 Å². The van der Waals surface area contributed by atoms with E-state index in [0.29, 0.717) is 12.3 Å². The molecule has 0 bridgehead atoms. The topological polar surface area (TPSA) is 48.4 Å². The molecule has 1 atom stereocenters. The first-order valence-corrected chi connectivity index (χ1v) is 6.30. The monoisotopic (exact) mass is 241 g/mol. The zero-order valence-corrected chi connectivity index (χ0v) is 10.3. The molecule has 0 amide bonds. The summed E-state index contributed by atoms with van der Waals surface area (Å²) in [5.41, 5.74) is 0.442. The lowest BCUT2D eigenvalue weighted by Crippen LogP contribution is -2.07. The van der Waals surface area contributed by atoms with Gasteiger partial charge >= 0.3 is 5.97 Å². The number of hydrogen-bond donors (Lipinski definition) is 0. The van der Waals surface area contributed by atoms with Gasteiger partial charge in [-0.15, -0.1) is 11.3 Å². The van der Waals surface area contributed by atoms with Gasteiger partial charge in [0.2, 0.25) is 0 Å². The fraction of sp³-hybridized carbons (Fsp3) is 0.636. The van der Waals surface area contributed by atoms with E-state index in [1.165, 1.54) is 11.3 Å². The van der Waals surface area contributed by atoms with Crippen LogP contribution in [0.3, 0.4) is 0 Å². The second kappa shape index (κ2) is 4.93. The smallest absolute Gasteiger partial charge is 0.358 e. The second-order valence-corrected chi connectivity index (χ2v) is 4.91. The van der Waals surface area contributed by atoms with Crippen LogP contribution in [0.5, 0.6) is 0 Å². The highest BCUT2D eigenvalue weighted by molar-refractivity contribution is 7.11. The van der Waals surface area contributed by atoms with Gasteiger partial charge in [-0.1, -0.05) is 0 Å². The average molecular weight is 241 g/mol. The summed E-state index contributed by atoms with van der Waals surface area (Å²) >= 11 is 1.53. The fourth-order valence-electron chi connectivity index (χ4n) is 1.72. The maximum atomic E-state index is 11.6. The van der Waals surface area contributed by atoms with Crippen molar-refractivity contribution in [2.75, 3.05) is 13.2 Å². The van der Waals surface area contributed by atoms with Crippen molar-refractivity contribution >= 4 is 17.3 Å². The van der Waals surface area contributed by atoms with E-state index < -0.39 is 0 Å². The van der Waals surface area contributed by atoms with Crippen molar-refractivity contribution in [3.05, 3.63) is 15.6 Å². The Kier molecular flexibility index (Phi) is 3.56. The molecule has 0 N–H and O–H groups in total. The quantitative estimate of drug-likeness (QED) is 0.763. The summed E-state index contributed by atoms with van der Waals surface area (Å²) in [5.74, 6) is -0.333. The van der Waals surface area contributed by atoms with Crippen LogP contribution in [0.25, 0.3) is 0 Å². The summed E-state index contributed by atoms with van der Waals surface area (Å²) in [7, 11) is 0. The van der Waals surface area contributed by atoms with Gasteiger partial charge in [0.25, 0.3) is 0 Å². The normalized spacial score (nSPS) is 20.0. The Labute approximate surface area is 98.6 Å². The molecule has 1 saturated heterocycles. The van der Waals surface area contributed by atoms with Crippen LogP contribution in [-0.2, 0) is 9.47 Å². The summed E-state index contributed by atoms with van der Waals surface area (Å²) in [6.45, 7) is 4.85. The van der Waals surface area contributed by atoms with Gasteiger partial charge in [-0.25, -0.2) is 9.78 Å². The predicted octanol–water partition coefficient (Wildman–Crippen LogP) is 2.48. The van der Waals surface area contributed by atoms with Gasteiger partial charge in [0, 0.05) is 11.5 Å². The summed E-state index contributed by atoms with van der Waals surface area (Å²) in [4.78, 5) is 16.8. The van der Waals surface area contributed by atoms with E-state index in [0.717, 1.165) is 29.3 Å². The summed E-state index contributed by atoms with van der Waals surface area (Å²) in [5, 5.41) is 0.901. The first-order valence-electron chi connectivity index (χ1n) is 5.48. The third kappa shape index (κ3) is 2.25. The zero-order chi connectivity index (χ0) is 11.5. The molecule has 0 spiro atoms. The van der Waals surface area contributed by atoms with E-state index in [-0.39, 0.29) is 12.1 Å². The fourth-order valence-corrected chi connectivity index (χ4v) is 2.71. The number of aromatic nitrogens is 1. The minimum absolute atomic E-state index is 0.0758. The van der Waals surface area contributed by atoms with Gasteiger partial charge in [0.15, 0.2) is 5.69 Å². The SMILES string of the molecule is CCOC(=O)c1nc(C2CCCO2)sc1C. The standard InChI is InChI=1S/C11H15NO3S/c1-3-14-11(13)9-7(2)16-10(12-9)8-5-4-6-15-8/h8H,3-6H2,1-2H3. The minimum Gasteiger partial charge on any atom is -0.461 e. The molecular weight excluding hydrogens is 226 g/mol. The van der Waals surface area contributed by atoms with Crippen LogP contribution in [0.15, 0.2) is 0 Å². The molecule has 88 valence electrons. The van der Waals surface area contributed by atoms with E-state index in [2.05, 4.69) is 4.98 Å². The van der Waals surface area contributed by atoms with E-state index in [4.69, 9.17) is 9.47 Å². The van der Waals surface area contributed by atoms with E-state index in [9.17, 15) is 4.79 Å². The Bertz CT molecular complexity index is 383. The van der Waals surface area contributed by atoms with Crippen molar-refractivity contribution in [2.24, 2.45) is 0 Å². The average Bonchev–Trinajstić information content (AvgIpc) is 2.86. The number of thiazole rings is 1. The maximum Gasteiger partial charge on any atom is 0.358 e. The molecule has 5 heteroatoms. The first kappa shape index (κ1) is 11.5. The highest BCUT2D eigenvalue weighted by atomic mass is 32.1. The molecular formula is C11H15NO3S. The van der Waals surface area contributed by atoms with Crippen LogP contribution >= 0.6 is 11.3 Å². The highest BCUT2D eigenvalue weighted by Gasteiger charge is 2.24. The Morgan fingerprint density at radius 2 is 2.50 bits per heavy atom. The second-order valence-electron chi connectivity index (χ2n) is 3.68. The molecule has 1 unspecified atom stereocenters. The summed E-state index contributed by atoms with van der Waals surface area (Å²) < 4.78 is 10.5. The summed E-state index contributed by atoms with van der Waals surface area (Å²) in [6, 6.07) is 0. The predicted molar refractivity (Wildman–Crippen MR) is 60.7 cm³/mol. The third-order valence-corrected chi connectivity index (χ3v) is 3.55. The van der Waals surface area contributed by atoms with Crippen LogP contribution in [-0.4, -0.2) is 24.2 Å². The highest BCUT2D eigenvalue weighted by Crippen LogP contribution is 2.32. The van der Waals surface area contributed by atoms with E-state index >= 15 is 0 Å². The zero-order valence-electron chi connectivity index (χ0n) is 9.49. The van der Waals surface area contributed by atoms with Crippen molar-refractivity contribution in [1.29, 1.82) is 0 Å². The van der Waals surface area contributed by atoms with Gasteiger partial charge in [-0.05, 0) is 26.7 Å². The van der Waals surface area contributed by atoms with Crippen molar-refractivity contribution in [3.63, 3.8) is 0 Å². The summed E-state index contributed by atoms with van der Waals surface area (Å²) in [6.07, 6.45) is 2.14. The number of rotatable bonds is 3. The lowest BCUT2D eigenvalue weighted by atomic mass is 10.2. The van der Waals surface area contributed by atoms with E-state index in [1.54, 1.807) is 6.92 Å². The molecule has 0 aliphatic carbocycles. The minimum atomic E-state index is -0.333. The van der Waals surface area contributed by atoms with Crippen molar-refractivity contribution in [2.45, 2.75) is 32.8 Å². The van der Waals surface area contributed by atoms with Gasteiger partial charge < -0.3 is 9.47 Å². The molecule has 1 aliphatic rings. The van der Waals surface area contributed by atoms with Gasteiger partial charge in [0.05, 0.1) is 6.61 Å². The molecule has 2 heterocycles. The first-order chi connectivity index (χ1) is 7.72. The van der Waals surface area contributed by atoms with E-state index in [1.807, 2.05) is 6.92 Å². The third-order valence-electron chi connectivity index (χ3n) is 2.49. The molecule has 1 aromatic heterocycles. The molecule has 1 aliphatic heterocycles. The van der Waals surface area contributed by atoms with Crippen LogP contribution in [0.2, 0.25) is 0 Å². The van der Waals surface area contributed by atoms with Crippen LogP contribution < -0.4 is 0 Å². The lowest BCUT2D eigenvalue weighted by Gasteiger charge is -2.03. The van der Waals surface area contributed by atoms with Crippen molar-refractivity contribution < 1.29 is 14.3 Å². The van der Waals surface area contributed by atoms with Crippen LogP contribution in [0.4, 0.5) is 0 Å². The van der Waals surface area contributed by atoms with Gasteiger partial charge in [-0.3, -0.25) is 0 Å². The number of nitrogens with zero attached hydrogens (tertiary/aromatic N) is 1.